The van der Waals surface area contributed by atoms with E-state index in [1.807, 2.05) is 36.5 Å². The lowest BCUT2D eigenvalue weighted by molar-refractivity contribution is -0.113. The fraction of sp³-hybridized carbons (Fsp3) is 0.423. The Morgan fingerprint density at radius 2 is 2.11 bits per heavy atom. The van der Waals surface area contributed by atoms with Crippen LogP contribution in [0.3, 0.4) is 0 Å². The molecule has 0 unspecified atom stereocenters. The van der Waals surface area contributed by atoms with E-state index in [2.05, 4.69) is 25.5 Å². The molecule has 0 radical (unpaired) electrons. The molecule has 1 saturated heterocycles. The predicted octanol–water partition coefficient (Wildman–Crippen LogP) is 3.19. The zero-order valence-corrected chi connectivity index (χ0v) is 20.7. The number of piperidine rings is 1. The van der Waals surface area contributed by atoms with Crippen LogP contribution in [-0.4, -0.2) is 71.6 Å². The molecule has 0 spiro atoms. The monoisotopic (exact) mass is 509 g/mol. The number of hydrogen-bond donors (Lipinski definition) is 2. The van der Waals surface area contributed by atoms with Crippen LogP contribution in [0.1, 0.15) is 17.7 Å². The first-order valence-corrected chi connectivity index (χ1v) is 13.3. The summed E-state index contributed by atoms with van der Waals surface area (Å²) >= 11 is 1.49. The summed E-state index contributed by atoms with van der Waals surface area (Å²) < 4.78 is 26.8. The third kappa shape index (κ3) is 4.85. The Balaban J connectivity index is 1.05. The van der Waals surface area contributed by atoms with E-state index in [1.165, 1.54) is 11.8 Å². The van der Waals surface area contributed by atoms with Crippen molar-refractivity contribution in [1.82, 2.24) is 20.2 Å². The first kappa shape index (κ1) is 23.4. The number of fused-ring (bicyclic) bond motifs is 4. The second kappa shape index (κ2) is 10.2. The van der Waals surface area contributed by atoms with Crippen molar-refractivity contribution in [2.75, 3.05) is 43.9 Å². The second-order valence-electron chi connectivity index (χ2n) is 9.28. The number of likely N-dealkylation sites (tertiary alicyclic amines) is 1. The highest BCUT2D eigenvalue weighted by Gasteiger charge is 2.29. The molecule has 3 aliphatic rings. The molecule has 36 heavy (non-hydrogen) atoms. The molecule has 1 aromatic carbocycles. The lowest BCUT2D eigenvalue weighted by atomic mass is 10.0. The maximum absolute atomic E-state index is 15.1. The SMILES string of the molecule is O=C1CSc2ccc(CN[C@@H]3CCN(CCc4ccnc5ccc6c(c45)OCCO6)C[C@@H]3F)nc2N1. The number of amides is 1. The smallest absolute Gasteiger partial charge is 0.235 e. The van der Waals surface area contributed by atoms with Crippen LogP contribution in [0.4, 0.5) is 10.2 Å². The Hall–Kier alpha value is -2.95. The maximum Gasteiger partial charge on any atom is 0.235 e. The average molecular weight is 510 g/mol. The Morgan fingerprint density at radius 3 is 3.03 bits per heavy atom. The van der Waals surface area contributed by atoms with Crippen LogP contribution < -0.4 is 20.1 Å². The minimum Gasteiger partial charge on any atom is -0.486 e. The molecule has 8 nitrogen and oxygen atoms in total. The number of carbonyl (C=O) groups excluding carboxylic acids is 1. The Bertz CT molecular complexity index is 1290. The van der Waals surface area contributed by atoms with Crippen molar-refractivity contribution in [1.29, 1.82) is 0 Å². The zero-order chi connectivity index (χ0) is 24.5. The van der Waals surface area contributed by atoms with E-state index in [4.69, 9.17) is 9.47 Å². The van der Waals surface area contributed by atoms with Crippen LogP contribution in [0.15, 0.2) is 41.4 Å². The van der Waals surface area contributed by atoms with E-state index in [1.54, 1.807) is 0 Å². The molecular formula is C26H28FN5O3S. The van der Waals surface area contributed by atoms with Gasteiger partial charge in [0, 0.05) is 37.3 Å². The lowest BCUT2D eigenvalue weighted by Gasteiger charge is -2.35. The molecule has 6 rings (SSSR count). The zero-order valence-electron chi connectivity index (χ0n) is 19.8. The topological polar surface area (TPSA) is 88.6 Å². The normalized spacial score (nSPS) is 21.8. The highest BCUT2D eigenvalue weighted by molar-refractivity contribution is 8.00. The molecule has 0 bridgehead atoms. The largest absolute Gasteiger partial charge is 0.486 e. The number of rotatable bonds is 6. The van der Waals surface area contributed by atoms with Crippen LogP contribution in [0.5, 0.6) is 11.5 Å². The number of alkyl halides is 1. The molecule has 1 amide bonds. The van der Waals surface area contributed by atoms with Gasteiger partial charge >= 0.3 is 0 Å². The number of aromatic nitrogens is 2. The molecule has 10 heteroatoms. The highest BCUT2D eigenvalue weighted by atomic mass is 32.2. The van der Waals surface area contributed by atoms with Crippen molar-refractivity contribution in [3.8, 4) is 11.5 Å². The molecule has 0 aliphatic carbocycles. The molecule has 2 atom stereocenters. The number of halogens is 1. The van der Waals surface area contributed by atoms with Gasteiger partial charge in [0.2, 0.25) is 5.91 Å². The number of nitrogens with one attached hydrogen (secondary N) is 2. The van der Waals surface area contributed by atoms with Crippen LogP contribution in [-0.2, 0) is 17.8 Å². The molecule has 3 aromatic rings. The molecule has 1 fully saturated rings. The van der Waals surface area contributed by atoms with Gasteiger partial charge in [-0.05, 0) is 55.3 Å². The van der Waals surface area contributed by atoms with Gasteiger partial charge in [-0.1, -0.05) is 0 Å². The fourth-order valence-corrected chi connectivity index (χ4v) is 5.80. The lowest BCUT2D eigenvalue weighted by Crippen LogP contribution is -2.51. The summed E-state index contributed by atoms with van der Waals surface area (Å²) in [5.74, 6) is 2.50. The minimum atomic E-state index is -0.967. The predicted molar refractivity (Wildman–Crippen MR) is 137 cm³/mol. The van der Waals surface area contributed by atoms with Crippen molar-refractivity contribution in [2.45, 2.75) is 36.5 Å². The number of hydrogen-bond acceptors (Lipinski definition) is 8. The summed E-state index contributed by atoms with van der Waals surface area (Å²) in [7, 11) is 0. The van der Waals surface area contributed by atoms with Crippen LogP contribution >= 0.6 is 11.8 Å². The standard InChI is InChI=1S/C26H28FN5O3S/c27-18-14-32(9-6-16-5-8-28-20-2-3-21-25(24(16)20)35-12-11-34-21)10-7-19(18)29-13-17-1-4-22-26(30-17)31-23(33)15-36-22/h1-5,8,18-19,29H,6-7,9-15H2,(H,30,31,33)/t18-,19+/m0/s1. The molecule has 188 valence electrons. The van der Waals surface area contributed by atoms with E-state index in [0.717, 1.165) is 64.5 Å². The Morgan fingerprint density at radius 1 is 1.19 bits per heavy atom. The van der Waals surface area contributed by atoms with Crippen molar-refractivity contribution >= 4 is 34.4 Å². The van der Waals surface area contributed by atoms with E-state index in [9.17, 15) is 4.79 Å². The summed E-state index contributed by atoms with van der Waals surface area (Å²) in [6, 6.07) is 9.58. The summed E-state index contributed by atoms with van der Waals surface area (Å²) in [4.78, 5) is 23.8. The molecule has 2 N–H and O–H groups in total. The number of pyridine rings is 2. The van der Waals surface area contributed by atoms with Gasteiger partial charge in [0.1, 0.15) is 25.2 Å². The average Bonchev–Trinajstić information content (AvgIpc) is 2.91. The van der Waals surface area contributed by atoms with Crippen molar-refractivity contribution in [3.05, 3.63) is 47.8 Å². The van der Waals surface area contributed by atoms with Gasteiger partial charge in [0.05, 0.1) is 21.9 Å². The number of carbonyl (C=O) groups is 1. The summed E-state index contributed by atoms with van der Waals surface area (Å²) in [5, 5.41) is 7.14. The van der Waals surface area contributed by atoms with Gasteiger partial charge in [-0.25, -0.2) is 9.37 Å². The van der Waals surface area contributed by atoms with Gasteiger partial charge in [-0.15, -0.1) is 11.8 Å². The maximum atomic E-state index is 15.1. The number of nitrogens with zero attached hydrogens (tertiary/aromatic N) is 3. The summed E-state index contributed by atoms with van der Waals surface area (Å²) in [6.45, 7) is 3.52. The van der Waals surface area contributed by atoms with Gasteiger partial charge in [-0.3, -0.25) is 14.7 Å². The molecule has 2 aromatic heterocycles. The van der Waals surface area contributed by atoms with Gasteiger partial charge < -0.3 is 20.1 Å². The molecule has 0 saturated carbocycles. The van der Waals surface area contributed by atoms with Crippen molar-refractivity contribution in [2.24, 2.45) is 0 Å². The number of benzene rings is 1. The van der Waals surface area contributed by atoms with Gasteiger partial charge in [0.15, 0.2) is 11.5 Å². The number of thioether (sulfide) groups is 1. The molecular weight excluding hydrogens is 481 g/mol. The fourth-order valence-electron chi connectivity index (χ4n) is 5.04. The van der Waals surface area contributed by atoms with E-state index < -0.39 is 6.17 Å². The Kier molecular flexibility index (Phi) is 6.64. The second-order valence-corrected chi connectivity index (χ2v) is 10.3. The van der Waals surface area contributed by atoms with Gasteiger partial charge in [-0.2, -0.15) is 0 Å². The van der Waals surface area contributed by atoms with Crippen LogP contribution in [0, 0.1) is 0 Å². The molecule has 5 heterocycles. The van der Waals surface area contributed by atoms with Crippen LogP contribution in [0.25, 0.3) is 10.9 Å². The summed E-state index contributed by atoms with van der Waals surface area (Å²) in [5.41, 5.74) is 2.82. The Labute approximate surface area is 213 Å². The van der Waals surface area contributed by atoms with Gasteiger partial charge in [0.25, 0.3) is 0 Å². The summed E-state index contributed by atoms with van der Waals surface area (Å²) in [6.07, 6.45) is 2.36. The first-order valence-electron chi connectivity index (χ1n) is 12.3. The number of ether oxygens (including phenoxy) is 2. The van der Waals surface area contributed by atoms with E-state index >= 15 is 4.39 Å². The minimum absolute atomic E-state index is 0.0400. The third-order valence-corrected chi connectivity index (χ3v) is 7.95. The van der Waals surface area contributed by atoms with Crippen LogP contribution in [0.2, 0.25) is 0 Å². The third-order valence-electron chi connectivity index (χ3n) is 6.90. The quantitative estimate of drug-likeness (QED) is 0.524. The first-order chi connectivity index (χ1) is 17.6. The van der Waals surface area contributed by atoms with Crippen molar-refractivity contribution in [3.63, 3.8) is 0 Å². The number of anilines is 1. The molecule has 3 aliphatic heterocycles. The van der Waals surface area contributed by atoms with E-state index in [-0.39, 0.29) is 11.9 Å². The van der Waals surface area contributed by atoms with Crippen molar-refractivity contribution < 1.29 is 18.7 Å². The highest BCUT2D eigenvalue weighted by Crippen LogP contribution is 2.39. The van der Waals surface area contributed by atoms with E-state index in [0.29, 0.717) is 37.9 Å².